The molecule has 0 bridgehead atoms. The molecule has 3 aromatic rings. The van der Waals surface area contributed by atoms with E-state index in [0.717, 1.165) is 16.7 Å². The van der Waals surface area contributed by atoms with Crippen molar-refractivity contribution in [1.82, 2.24) is 5.32 Å². The minimum absolute atomic E-state index is 0.0546. The summed E-state index contributed by atoms with van der Waals surface area (Å²) in [7, 11) is 0. The molecule has 3 aromatic carbocycles. The lowest BCUT2D eigenvalue weighted by atomic mass is 9.61. The molecule has 1 fully saturated rings. The van der Waals surface area contributed by atoms with Crippen LogP contribution >= 0.6 is 0 Å². The average molecular weight is 299 g/mol. The first-order chi connectivity index (χ1) is 11.3. The molecule has 2 heteroatoms. The summed E-state index contributed by atoms with van der Waals surface area (Å²) in [5.74, 6) is 0.0590. The van der Waals surface area contributed by atoms with Crippen LogP contribution in [0.5, 0.6) is 0 Å². The second-order valence-corrected chi connectivity index (χ2v) is 5.86. The number of β-lactam (4-membered cyclic amide) rings is 1. The molecule has 0 radical (unpaired) electrons. The van der Waals surface area contributed by atoms with Gasteiger partial charge in [-0.3, -0.25) is 4.79 Å². The van der Waals surface area contributed by atoms with E-state index in [2.05, 4.69) is 17.4 Å². The van der Waals surface area contributed by atoms with Crippen molar-refractivity contribution in [2.24, 2.45) is 0 Å². The van der Waals surface area contributed by atoms with Gasteiger partial charge in [0.15, 0.2) is 0 Å². The minimum atomic E-state index is -0.663. The molecular weight excluding hydrogens is 282 g/mol. The van der Waals surface area contributed by atoms with Gasteiger partial charge >= 0.3 is 0 Å². The summed E-state index contributed by atoms with van der Waals surface area (Å²) in [6.45, 7) is 0. The molecule has 4 rings (SSSR count). The first-order valence-corrected chi connectivity index (χ1v) is 7.80. The van der Waals surface area contributed by atoms with Crippen molar-refractivity contribution in [3.8, 4) is 0 Å². The molecule has 1 saturated heterocycles. The molecule has 1 heterocycles. The first-order valence-electron chi connectivity index (χ1n) is 7.80. The van der Waals surface area contributed by atoms with Crippen LogP contribution in [0.3, 0.4) is 0 Å². The van der Waals surface area contributed by atoms with E-state index < -0.39 is 5.41 Å². The number of hydrogen-bond donors (Lipinski definition) is 1. The van der Waals surface area contributed by atoms with Crippen LogP contribution in [0, 0.1) is 0 Å². The van der Waals surface area contributed by atoms with Crippen molar-refractivity contribution < 1.29 is 4.79 Å². The van der Waals surface area contributed by atoms with Crippen LogP contribution in [0.2, 0.25) is 0 Å². The molecule has 0 aromatic heterocycles. The van der Waals surface area contributed by atoms with Crippen LogP contribution in [-0.4, -0.2) is 5.91 Å². The Morgan fingerprint density at radius 2 is 1.09 bits per heavy atom. The number of carbonyl (C=O) groups is 1. The zero-order valence-electron chi connectivity index (χ0n) is 12.6. The number of nitrogens with one attached hydrogen (secondary N) is 1. The highest BCUT2D eigenvalue weighted by molar-refractivity contribution is 5.99. The van der Waals surface area contributed by atoms with Crippen LogP contribution in [0.1, 0.15) is 22.7 Å². The van der Waals surface area contributed by atoms with Gasteiger partial charge in [0.05, 0.1) is 6.04 Å². The third-order valence-corrected chi connectivity index (χ3v) is 4.66. The van der Waals surface area contributed by atoms with E-state index in [1.807, 2.05) is 78.9 Å². The summed E-state index contributed by atoms with van der Waals surface area (Å²) in [6, 6.07) is 30.2. The molecule has 112 valence electrons. The van der Waals surface area contributed by atoms with Crippen LogP contribution < -0.4 is 5.32 Å². The van der Waals surface area contributed by atoms with Crippen LogP contribution in [0.4, 0.5) is 0 Å². The Bertz CT molecular complexity index is 773. The van der Waals surface area contributed by atoms with Crippen molar-refractivity contribution in [2.75, 3.05) is 0 Å². The minimum Gasteiger partial charge on any atom is -0.346 e. The summed E-state index contributed by atoms with van der Waals surface area (Å²) in [5.41, 5.74) is 2.52. The molecule has 1 N–H and O–H groups in total. The lowest BCUT2D eigenvalue weighted by Crippen LogP contribution is -2.64. The highest BCUT2D eigenvalue weighted by Gasteiger charge is 2.57. The molecule has 23 heavy (non-hydrogen) atoms. The van der Waals surface area contributed by atoms with Crippen molar-refractivity contribution in [2.45, 2.75) is 11.5 Å². The van der Waals surface area contributed by atoms with Crippen molar-refractivity contribution in [3.63, 3.8) is 0 Å². The van der Waals surface area contributed by atoms with Gasteiger partial charge < -0.3 is 5.32 Å². The number of rotatable bonds is 3. The largest absolute Gasteiger partial charge is 0.346 e. The van der Waals surface area contributed by atoms with Crippen LogP contribution in [-0.2, 0) is 10.2 Å². The van der Waals surface area contributed by atoms with E-state index >= 15 is 0 Å². The van der Waals surface area contributed by atoms with Crippen LogP contribution in [0.15, 0.2) is 91.0 Å². The summed E-state index contributed by atoms with van der Waals surface area (Å²) in [6.07, 6.45) is 0. The average Bonchev–Trinajstić information content (AvgIpc) is 2.62. The van der Waals surface area contributed by atoms with Gasteiger partial charge in [0.25, 0.3) is 0 Å². The van der Waals surface area contributed by atoms with E-state index in [-0.39, 0.29) is 11.9 Å². The van der Waals surface area contributed by atoms with Crippen LogP contribution in [0.25, 0.3) is 0 Å². The zero-order valence-corrected chi connectivity index (χ0v) is 12.6. The molecule has 1 atom stereocenters. The molecule has 0 aliphatic carbocycles. The van der Waals surface area contributed by atoms with E-state index in [0.29, 0.717) is 0 Å². The van der Waals surface area contributed by atoms with Gasteiger partial charge in [-0.05, 0) is 16.7 Å². The number of benzene rings is 3. The molecule has 1 aliphatic heterocycles. The molecular formula is C21H17NO. The monoisotopic (exact) mass is 299 g/mol. The Hall–Kier alpha value is -2.87. The first kappa shape index (κ1) is 13.8. The lowest BCUT2D eigenvalue weighted by molar-refractivity contribution is -0.136. The maximum Gasteiger partial charge on any atom is 0.238 e. The van der Waals surface area contributed by atoms with E-state index in [9.17, 15) is 4.79 Å². The van der Waals surface area contributed by atoms with Crippen molar-refractivity contribution >= 4 is 5.91 Å². The summed E-state index contributed by atoms with van der Waals surface area (Å²) < 4.78 is 0. The SMILES string of the molecule is O=C1N[C@@H](c2ccccc2)C1(c1ccccc1)c1ccccc1. The topological polar surface area (TPSA) is 29.1 Å². The molecule has 1 aliphatic rings. The predicted octanol–water partition coefficient (Wildman–Crippen LogP) is 3.84. The second kappa shape index (κ2) is 5.40. The summed E-state index contributed by atoms with van der Waals surface area (Å²) in [4.78, 5) is 12.8. The third kappa shape index (κ3) is 1.99. The van der Waals surface area contributed by atoms with E-state index in [4.69, 9.17) is 0 Å². The maximum absolute atomic E-state index is 12.8. The van der Waals surface area contributed by atoms with Gasteiger partial charge in [-0.25, -0.2) is 0 Å². The number of amides is 1. The normalized spacial score (nSPS) is 18.8. The number of hydrogen-bond acceptors (Lipinski definition) is 1. The Morgan fingerprint density at radius 1 is 0.652 bits per heavy atom. The third-order valence-electron chi connectivity index (χ3n) is 4.66. The van der Waals surface area contributed by atoms with Gasteiger partial charge in [0.1, 0.15) is 5.41 Å². The van der Waals surface area contributed by atoms with E-state index in [1.54, 1.807) is 0 Å². The summed E-state index contributed by atoms with van der Waals surface area (Å²) >= 11 is 0. The van der Waals surface area contributed by atoms with Gasteiger partial charge in [-0.1, -0.05) is 91.0 Å². The van der Waals surface area contributed by atoms with Crippen molar-refractivity contribution in [3.05, 3.63) is 108 Å². The maximum atomic E-state index is 12.8. The smallest absolute Gasteiger partial charge is 0.238 e. The standard InChI is InChI=1S/C21H17NO/c23-20-21(17-12-6-2-7-13-17,18-14-8-3-9-15-18)19(22-20)16-10-4-1-5-11-16/h1-15,19H,(H,22,23)/t19-/m0/s1. The Labute approximate surface area is 135 Å². The zero-order chi connectivity index (χ0) is 15.7. The molecule has 0 spiro atoms. The Morgan fingerprint density at radius 3 is 1.52 bits per heavy atom. The number of carbonyl (C=O) groups excluding carboxylic acids is 1. The fourth-order valence-corrected chi connectivity index (χ4v) is 3.55. The lowest BCUT2D eigenvalue weighted by Gasteiger charge is -2.49. The molecule has 1 amide bonds. The Kier molecular flexibility index (Phi) is 3.23. The quantitative estimate of drug-likeness (QED) is 0.731. The van der Waals surface area contributed by atoms with Gasteiger partial charge in [0.2, 0.25) is 5.91 Å². The van der Waals surface area contributed by atoms with Gasteiger partial charge in [-0.15, -0.1) is 0 Å². The molecule has 2 nitrogen and oxygen atoms in total. The van der Waals surface area contributed by atoms with Gasteiger partial charge in [0, 0.05) is 0 Å². The van der Waals surface area contributed by atoms with E-state index in [1.165, 1.54) is 0 Å². The van der Waals surface area contributed by atoms with Crippen molar-refractivity contribution in [1.29, 1.82) is 0 Å². The predicted molar refractivity (Wildman–Crippen MR) is 91.0 cm³/mol. The summed E-state index contributed by atoms with van der Waals surface area (Å²) in [5, 5.41) is 3.11. The fraction of sp³-hybridized carbons (Fsp3) is 0.0952. The molecule has 0 saturated carbocycles. The Balaban J connectivity index is 1.94. The fourth-order valence-electron chi connectivity index (χ4n) is 3.55. The molecule has 0 unspecified atom stereocenters. The highest BCUT2D eigenvalue weighted by Crippen LogP contribution is 2.49. The van der Waals surface area contributed by atoms with Gasteiger partial charge in [-0.2, -0.15) is 0 Å². The highest BCUT2D eigenvalue weighted by atomic mass is 16.2. The second-order valence-electron chi connectivity index (χ2n) is 5.86.